The molecule has 0 unspecified atom stereocenters. The van der Waals surface area contributed by atoms with Crippen LogP contribution in [0.25, 0.3) is 0 Å². The number of hydrogen-bond acceptors (Lipinski definition) is 2. The standard InChI is InChI=1S/C17H30N2O2/c1-2-3-4-19(5-6-20)17(21)18-16-14-8-12-7-13(10-14)11-15(16)9-12/h12-16,20H,2-11H2,1H3,(H,18,21). The lowest BCUT2D eigenvalue weighted by molar-refractivity contribution is -0.0112. The Morgan fingerprint density at radius 3 is 2.24 bits per heavy atom. The van der Waals surface area contributed by atoms with E-state index < -0.39 is 0 Å². The molecule has 0 heterocycles. The summed E-state index contributed by atoms with van der Waals surface area (Å²) >= 11 is 0. The lowest BCUT2D eigenvalue weighted by Gasteiger charge is -2.54. The van der Waals surface area contributed by atoms with Gasteiger partial charge < -0.3 is 15.3 Å². The molecular weight excluding hydrogens is 264 g/mol. The molecule has 120 valence electrons. The van der Waals surface area contributed by atoms with E-state index in [0.29, 0.717) is 24.4 Å². The van der Waals surface area contributed by atoms with Gasteiger partial charge in [0.05, 0.1) is 6.61 Å². The smallest absolute Gasteiger partial charge is 0.317 e. The van der Waals surface area contributed by atoms with Gasteiger partial charge in [-0.05, 0) is 62.2 Å². The maximum Gasteiger partial charge on any atom is 0.317 e. The second-order valence-electron chi connectivity index (χ2n) is 7.47. The molecule has 0 saturated heterocycles. The summed E-state index contributed by atoms with van der Waals surface area (Å²) in [6.07, 6.45) is 8.84. The fourth-order valence-corrected chi connectivity index (χ4v) is 5.18. The topological polar surface area (TPSA) is 52.6 Å². The van der Waals surface area contributed by atoms with Crippen LogP contribution in [0, 0.1) is 23.7 Å². The maximum atomic E-state index is 12.5. The molecule has 0 aromatic heterocycles. The zero-order chi connectivity index (χ0) is 14.8. The van der Waals surface area contributed by atoms with Gasteiger partial charge in [-0.15, -0.1) is 0 Å². The molecule has 4 rings (SSSR count). The summed E-state index contributed by atoms with van der Waals surface area (Å²) in [5.41, 5.74) is 0. The minimum atomic E-state index is 0.0509. The molecule has 4 bridgehead atoms. The van der Waals surface area contributed by atoms with Crippen LogP contribution < -0.4 is 5.32 Å². The van der Waals surface area contributed by atoms with Gasteiger partial charge in [0.15, 0.2) is 0 Å². The second-order valence-corrected chi connectivity index (χ2v) is 7.47. The number of carbonyl (C=O) groups excluding carboxylic acids is 1. The Kier molecular flexibility index (Phi) is 4.72. The average molecular weight is 294 g/mol. The van der Waals surface area contributed by atoms with Crippen LogP contribution >= 0.6 is 0 Å². The summed E-state index contributed by atoms with van der Waals surface area (Å²) in [5.74, 6) is 3.31. The van der Waals surface area contributed by atoms with Gasteiger partial charge in [0.25, 0.3) is 0 Å². The normalized spacial score (nSPS) is 36.8. The molecule has 4 aliphatic rings. The molecule has 2 amide bonds. The van der Waals surface area contributed by atoms with Crippen molar-refractivity contribution in [3.8, 4) is 0 Å². The molecule has 0 aromatic carbocycles. The Morgan fingerprint density at radius 1 is 1.10 bits per heavy atom. The molecular formula is C17H30N2O2. The third-order valence-corrected chi connectivity index (χ3v) is 5.96. The van der Waals surface area contributed by atoms with Gasteiger partial charge in [-0.25, -0.2) is 4.79 Å². The average Bonchev–Trinajstić information content (AvgIpc) is 2.46. The number of nitrogens with zero attached hydrogens (tertiary/aromatic N) is 1. The van der Waals surface area contributed by atoms with Gasteiger partial charge >= 0.3 is 6.03 Å². The molecule has 0 aliphatic heterocycles. The van der Waals surface area contributed by atoms with Crippen molar-refractivity contribution in [2.75, 3.05) is 19.7 Å². The first-order valence-electron chi connectivity index (χ1n) is 8.87. The Bertz CT molecular complexity index is 344. The number of amides is 2. The van der Waals surface area contributed by atoms with Crippen molar-refractivity contribution < 1.29 is 9.90 Å². The predicted molar refractivity (Wildman–Crippen MR) is 82.9 cm³/mol. The summed E-state index contributed by atoms with van der Waals surface area (Å²) in [6, 6.07) is 0.447. The highest BCUT2D eigenvalue weighted by atomic mass is 16.3. The fraction of sp³-hybridized carbons (Fsp3) is 0.941. The van der Waals surface area contributed by atoms with E-state index in [1.54, 1.807) is 4.90 Å². The minimum absolute atomic E-state index is 0.0509. The van der Waals surface area contributed by atoms with Crippen molar-refractivity contribution in [3.05, 3.63) is 0 Å². The van der Waals surface area contributed by atoms with E-state index in [1.807, 2.05) is 0 Å². The monoisotopic (exact) mass is 294 g/mol. The molecule has 0 spiro atoms. The maximum absolute atomic E-state index is 12.5. The minimum Gasteiger partial charge on any atom is -0.395 e. The third-order valence-electron chi connectivity index (χ3n) is 5.96. The highest BCUT2D eigenvalue weighted by Crippen LogP contribution is 2.53. The van der Waals surface area contributed by atoms with Crippen LogP contribution in [0.4, 0.5) is 4.79 Å². The van der Waals surface area contributed by atoms with Crippen LogP contribution in [-0.4, -0.2) is 41.8 Å². The molecule has 4 nitrogen and oxygen atoms in total. The van der Waals surface area contributed by atoms with Crippen molar-refractivity contribution in [1.29, 1.82) is 0 Å². The van der Waals surface area contributed by atoms with Gasteiger partial charge in [-0.1, -0.05) is 13.3 Å². The highest BCUT2D eigenvalue weighted by Gasteiger charge is 2.48. The van der Waals surface area contributed by atoms with Gasteiger partial charge in [0.1, 0.15) is 0 Å². The summed E-state index contributed by atoms with van der Waals surface area (Å²) in [6.45, 7) is 3.40. The third kappa shape index (κ3) is 3.20. The highest BCUT2D eigenvalue weighted by molar-refractivity contribution is 5.74. The van der Waals surface area contributed by atoms with Crippen LogP contribution in [0.3, 0.4) is 0 Å². The van der Waals surface area contributed by atoms with Crippen LogP contribution in [0.2, 0.25) is 0 Å². The second kappa shape index (κ2) is 6.55. The summed E-state index contributed by atoms with van der Waals surface area (Å²) < 4.78 is 0. The predicted octanol–water partition coefficient (Wildman–Crippen LogP) is 2.62. The van der Waals surface area contributed by atoms with E-state index in [2.05, 4.69) is 12.2 Å². The Morgan fingerprint density at radius 2 is 1.71 bits per heavy atom. The van der Waals surface area contributed by atoms with Crippen molar-refractivity contribution in [2.45, 2.75) is 57.9 Å². The molecule has 21 heavy (non-hydrogen) atoms. The molecule has 4 fully saturated rings. The number of urea groups is 1. The van der Waals surface area contributed by atoms with E-state index in [1.165, 1.54) is 32.1 Å². The van der Waals surface area contributed by atoms with Crippen molar-refractivity contribution >= 4 is 6.03 Å². The first kappa shape index (κ1) is 15.1. The summed E-state index contributed by atoms with van der Waals surface area (Å²) in [5, 5.41) is 12.5. The molecule has 4 saturated carbocycles. The van der Waals surface area contributed by atoms with E-state index in [-0.39, 0.29) is 12.6 Å². The van der Waals surface area contributed by atoms with Gasteiger partial charge in [-0.3, -0.25) is 0 Å². The number of nitrogens with one attached hydrogen (secondary N) is 1. The lowest BCUT2D eigenvalue weighted by Crippen LogP contribution is -2.58. The Hall–Kier alpha value is -0.770. The number of aliphatic hydroxyl groups is 1. The first-order chi connectivity index (χ1) is 10.2. The molecule has 0 radical (unpaired) electrons. The van der Waals surface area contributed by atoms with Crippen LogP contribution in [0.15, 0.2) is 0 Å². The van der Waals surface area contributed by atoms with Crippen LogP contribution in [0.5, 0.6) is 0 Å². The zero-order valence-electron chi connectivity index (χ0n) is 13.3. The quantitative estimate of drug-likeness (QED) is 0.791. The zero-order valence-corrected chi connectivity index (χ0v) is 13.3. The molecule has 4 aliphatic carbocycles. The lowest BCUT2D eigenvalue weighted by atomic mass is 9.54. The Balaban J connectivity index is 1.58. The van der Waals surface area contributed by atoms with Crippen LogP contribution in [0.1, 0.15) is 51.9 Å². The van der Waals surface area contributed by atoms with Gasteiger partial charge in [-0.2, -0.15) is 0 Å². The van der Waals surface area contributed by atoms with Gasteiger partial charge in [0, 0.05) is 19.1 Å². The van der Waals surface area contributed by atoms with Crippen molar-refractivity contribution in [3.63, 3.8) is 0 Å². The van der Waals surface area contributed by atoms with E-state index in [4.69, 9.17) is 0 Å². The van der Waals surface area contributed by atoms with Crippen molar-refractivity contribution in [1.82, 2.24) is 10.2 Å². The summed E-state index contributed by atoms with van der Waals surface area (Å²) in [4.78, 5) is 14.3. The summed E-state index contributed by atoms with van der Waals surface area (Å²) in [7, 11) is 0. The Labute approximate surface area is 128 Å². The van der Waals surface area contributed by atoms with Gasteiger partial charge in [0.2, 0.25) is 0 Å². The number of aliphatic hydroxyl groups excluding tert-OH is 1. The van der Waals surface area contributed by atoms with E-state index >= 15 is 0 Å². The number of carbonyl (C=O) groups is 1. The molecule has 0 aromatic rings. The number of hydrogen-bond donors (Lipinski definition) is 2. The molecule has 4 heteroatoms. The first-order valence-corrected chi connectivity index (χ1v) is 8.87. The van der Waals surface area contributed by atoms with Crippen LogP contribution in [-0.2, 0) is 0 Å². The van der Waals surface area contributed by atoms with Crippen molar-refractivity contribution in [2.24, 2.45) is 23.7 Å². The fourth-order valence-electron chi connectivity index (χ4n) is 5.18. The SMILES string of the molecule is CCCCN(CCO)C(=O)NC1C2CC3CC(C2)CC1C3. The molecule has 2 N–H and O–H groups in total. The van der Waals surface area contributed by atoms with E-state index in [0.717, 1.165) is 31.2 Å². The number of unbranched alkanes of at least 4 members (excludes halogenated alkanes) is 1. The van der Waals surface area contributed by atoms with E-state index in [9.17, 15) is 9.90 Å². The molecule has 0 atom stereocenters. The number of rotatable bonds is 6. The largest absolute Gasteiger partial charge is 0.395 e.